The van der Waals surface area contributed by atoms with Gasteiger partial charge in [0, 0.05) is 17.6 Å². The molecule has 1 atom stereocenters. The first-order chi connectivity index (χ1) is 14.2. The van der Waals surface area contributed by atoms with Crippen LogP contribution in [0.25, 0.3) is 0 Å². The number of amides is 2. The van der Waals surface area contributed by atoms with Gasteiger partial charge in [-0.3, -0.25) is 9.59 Å². The maximum Gasteiger partial charge on any atom is 0.261 e. The maximum absolute atomic E-state index is 13.0. The van der Waals surface area contributed by atoms with Gasteiger partial charge in [-0.2, -0.15) is 0 Å². The van der Waals surface area contributed by atoms with E-state index in [0.717, 1.165) is 5.56 Å². The molecule has 30 heavy (non-hydrogen) atoms. The Bertz CT molecular complexity index is 872. The molecule has 0 aliphatic rings. The summed E-state index contributed by atoms with van der Waals surface area (Å²) in [5.74, 6) is 0.473. The van der Waals surface area contributed by atoms with Crippen LogP contribution in [0.5, 0.6) is 11.5 Å². The lowest BCUT2D eigenvalue weighted by Crippen LogP contribution is -2.50. The number of carbonyl (C=O) groups is 2. The molecule has 0 aromatic heterocycles. The van der Waals surface area contributed by atoms with Crippen LogP contribution in [-0.4, -0.2) is 42.5 Å². The summed E-state index contributed by atoms with van der Waals surface area (Å²) in [7, 11) is 1.59. The first-order valence-corrected chi connectivity index (χ1v) is 10.3. The van der Waals surface area contributed by atoms with Gasteiger partial charge in [0.05, 0.1) is 12.1 Å². The summed E-state index contributed by atoms with van der Waals surface area (Å²) >= 11 is 12.0. The third-order valence-corrected chi connectivity index (χ3v) is 4.89. The number of nitrogens with zero attached hydrogens (tertiary/aromatic N) is 1. The fourth-order valence-corrected chi connectivity index (χ4v) is 3.19. The van der Waals surface area contributed by atoms with Crippen molar-refractivity contribution in [3.8, 4) is 11.5 Å². The van der Waals surface area contributed by atoms with Crippen molar-refractivity contribution in [3.63, 3.8) is 0 Å². The highest BCUT2D eigenvalue weighted by Gasteiger charge is 2.27. The Hall–Kier alpha value is -2.44. The molecule has 0 spiro atoms. The zero-order valence-electron chi connectivity index (χ0n) is 17.4. The highest BCUT2D eigenvalue weighted by molar-refractivity contribution is 6.35. The van der Waals surface area contributed by atoms with Crippen LogP contribution in [0.15, 0.2) is 42.5 Å². The molecule has 0 saturated carbocycles. The molecular weight excluding hydrogens is 427 g/mol. The molecule has 2 aromatic carbocycles. The monoisotopic (exact) mass is 452 g/mol. The minimum atomic E-state index is -0.689. The van der Waals surface area contributed by atoms with Gasteiger partial charge in [-0.05, 0) is 56.7 Å². The zero-order valence-corrected chi connectivity index (χ0v) is 19.0. The molecule has 8 heteroatoms. The lowest BCUT2D eigenvalue weighted by atomic mass is 10.1. The second kappa shape index (κ2) is 11.1. The van der Waals surface area contributed by atoms with Gasteiger partial charge in [-0.25, -0.2) is 0 Å². The highest BCUT2D eigenvalue weighted by Crippen LogP contribution is 2.27. The zero-order chi connectivity index (χ0) is 22.3. The lowest BCUT2D eigenvalue weighted by Gasteiger charge is -2.29. The number of rotatable bonds is 9. The standard InChI is InChI=1S/C22H26Cl2N2O4/c1-14(2)25-22(28)15(3)26(12-16-5-8-18(29-4)9-6-16)21(27)13-30-20-10-7-17(23)11-19(20)24/h5-11,14-15H,12-13H2,1-4H3,(H,25,28)/t15-/m0/s1. The minimum Gasteiger partial charge on any atom is -0.497 e. The topological polar surface area (TPSA) is 67.9 Å². The van der Waals surface area contributed by atoms with E-state index >= 15 is 0 Å². The Balaban J connectivity index is 2.17. The highest BCUT2D eigenvalue weighted by atomic mass is 35.5. The van der Waals surface area contributed by atoms with Gasteiger partial charge in [0.15, 0.2) is 6.61 Å². The van der Waals surface area contributed by atoms with Crippen LogP contribution in [0, 0.1) is 0 Å². The summed E-state index contributed by atoms with van der Waals surface area (Å²) in [5, 5.41) is 3.62. The second-order valence-corrected chi connectivity index (χ2v) is 7.92. The summed E-state index contributed by atoms with van der Waals surface area (Å²) in [6, 6.07) is 11.3. The van der Waals surface area contributed by atoms with E-state index < -0.39 is 6.04 Å². The number of benzene rings is 2. The summed E-state index contributed by atoms with van der Waals surface area (Å²) in [4.78, 5) is 27.0. The van der Waals surface area contributed by atoms with Gasteiger partial charge in [-0.15, -0.1) is 0 Å². The molecule has 0 heterocycles. The van der Waals surface area contributed by atoms with Gasteiger partial charge >= 0.3 is 0 Å². The van der Waals surface area contributed by atoms with Gasteiger partial charge in [-0.1, -0.05) is 35.3 Å². The maximum atomic E-state index is 13.0. The van der Waals surface area contributed by atoms with E-state index in [2.05, 4.69) is 5.32 Å². The number of halogens is 2. The summed E-state index contributed by atoms with van der Waals surface area (Å²) in [6.07, 6.45) is 0. The molecule has 2 rings (SSSR count). The first-order valence-electron chi connectivity index (χ1n) is 9.52. The van der Waals surface area contributed by atoms with Crippen molar-refractivity contribution < 1.29 is 19.1 Å². The third-order valence-electron chi connectivity index (χ3n) is 4.36. The quantitative estimate of drug-likeness (QED) is 0.614. The van der Waals surface area contributed by atoms with Gasteiger partial charge in [0.2, 0.25) is 5.91 Å². The molecule has 2 aromatic rings. The van der Waals surface area contributed by atoms with Crippen LogP contribution in [0.4, 0.5) is 0 Å². The number of ether oxygens (including phenoxy) is 2. The summed E-state index contributed by atoms with van der Waals surface area (Å²) in [5.41, 5.74) is 0.859. The largest absolute Gasteiger partial charge is 0.497 e. The van der Waals surface area contributed by atoms with E-state index in [1.165, 1.54) is 11.0 Å². The van der Waals surface area contributed by atoms with Crippen molar-refractivity contribution in [2.45, 2.75) is 39.4 Å². The Kier molecular flexibility index (Phi) is 8.81. The van der Waals surface area contributed by atoms with E-state index in [-0.39, 0.29) is 31.0 Å². The Morgan fingerprint density at radius 1 is 1.07 bits per heavy atom. The Morgan fingerprint density at radius 3 is 2.30 bits per heavy atom. The van der Waals surface area contributed by atoms with Crippen LogP contribution in [-0.2, 0) is 16.1 Å². The SMILES string of the molecule is COc1ccc(CN(C(=O)COc2ccc(Cl)cc2Cl)[C@@H](C)C(=O)NC(C)C)cc1. The number of nitrogens with one attached hydrogen (secondary N) is 1. The molecule has 0 saturated heterocycles. The van der Waals surface area contributed by atoms with Crippen molar-refractivity contribution in [1.82, 2.24) is 10.2 Å². The van der Waals surface area contributed by atoms with E-state index in [4.69, 9.17) is 32.7 Å². The van der Waals surface area contributed by atoms with Crippen molar-refractivity contribution in [3.05, 3.63) is 58.1 Å². The van der Waals surface area contributed by atoms with Crippen LogP contribution in [0.2, 0.25) is 10.0 Å². The predicted molar refractivity (Wildman–Crippen MR) is 118 cm³/mol. The third kappa shape index (κ3) is 6.82. The molecule has 2 amide bonds. The minimum absolute atomic E-state index is 0.0398. The molecule has 0 fully saturated rings. The summed E-state index contributed by atoms with van der Waals surface area (Å²) < 4.78 is 10.8. The number of carbonyl (C=O) groups excluding carboxylic acids is 2. The molecule has 162 valence electrons. The first kappa shape index (κ1) is 23.8. The fraction of sp³-hybridized carbons (Fsp3) is 0.364. The lowest BCUT2D eigenvalue weighted by molar-refractivity contribution is -0.142. The number of methoxy groups -OCH3 is 1. The van der Waals surface area contributed by atoms with E-state index in [1.807, 2.05) is 26.0 Å². The van der Waals surface area contributed by atoms with Crippen molar-refractivity contribution in [2.24, 2.45) is 0 Å². The Morgan fingerprint density at radius 2 is 1.73 bits per heavy atom. The molecule has 0 aliphatic heterocycles. The molecule has 6 nitrogen and oxygen atoms in total. The molecule has 0 aliphatic carbocycles. The van der Waals surface area contributed by atoms with Crippen LogP contribution >= 0.6 is 23.2 Å². The average Bonchev–Trinajstić information content (AvgIpc) is 2.70. The van der Waals surface area contributed by atoms with Crippen molar-refractivity contribution in [2.75, 3.05) is 13.7 Å². The van der Waals surface area contributed by atoms with Crippen LogP contribution in [0.3, 0.4) is 0 Å². The normalized spacial score (nSPS) is 11.7. The van der Waals surface area contributed by atoms with E-state index in [0.29, 0.717) is 21.5 Å². The summed E-state index contributed by atoms with van der Waals surface area (Å²) in [6.45, 7) is 5.40. The van der Waals surface area contributed by atoms with E-state index in [9.17, 15) is 9.59 Å². The molecule has 1 N–H and O–H groups in total. The number of hydrogen-bond donors (Lipinski definition) is 1. The van der Waals surface area contributed by atoms with E-state index in [1.54, 1.807) is 38.3 Å². The molecule has 0 unspecified atom stereocenters. The van der Waals surface area contributed by atoms with Crippen LogP contribution < -0.4 is 14.8 Å². The predicted octanol–water partition coefficient (Wildman–Crippen LogP) is 4.32. The smallest absolute Gasteiger partial charge is 0.261 e. The Labute approximate surface area is 187 Å². The fourth-order valence-electron chi connectivity index (χ4n) is 2.73. The van der Waals surface area contributed by atoms with Gasteiger partial charge in [0.25, 0.3) is 5.91 Å². The second-order valence-electron chi connectivity index (χ2n) is 7.07. The average molecular weight is 453 g/mol. The molecular formula is C22H26Cl2N2O4. The van der Waals surface area contributed by atoms with Crippen molar-refractivity contribution >= 4 is 35.0 Å². The number of hydrogen-bond acceptors (Lipinski definition) is 4. The van der Waals surface area contributed by atoms with Gasteiger partial charge in [0.1, 0.15) is 17.5 Å². The van der Waals surface area contributed by atoms with Gasteiger partial charge < -0.3 is 19.7 Å². The molecule has 0 bridgehead atoms. The van der Waals surface area contributed by atoms with Crippen LogP contribution in [0.1, 0.15) is 26.3 Å². The van der Waals surface area contributed by atoms with Crippen molar-refractivity contribution in [1.29, 1.82) is 0 Å². The molecule has 0 radical (unpaired) electrons.